The van der Waals surface area contributed by atoms with Crippen molar-refractivity contribution in [2.75, 3.05) is 60.7 Å². The first-order valence-corrected chi connectivity index (χ1v) is 12.7. The fraction of sp³-hybridized carbons (Fsp3) is 0.400. The van der Waals surface area contributed by atoms with Gasteiger partial charge in [0.05, 0.1) is 27.9 Å². The molecular weight excluding hydrogens is 452 g/mol. The Bertz CT molecular complexity index is 1080. The summed E-state index contributed by atoms with van der Waals surface area (Å²) < 4.78 is 22.7. The summed E-state index contributed by atoms with van der Waals surface area (Å²) in [5.41, 5.74) is 3.66. The molecular formula is C30H38N2O4. The largest absolute Gasteiger partial charge is 0.496 e. The topological polar surface area (TPSA) is 43.4 Å². The van der Waals surface area contributed by atoms with Gasteiger partial charge in [-0.15, -0.1) is 0 Å². The number of hydrogen-bond acceptors (Lipinski definition) is 6. The standard InChI is InChI=1S/C30H38N2O4/c1-33-28-22-30(35-3)29(34-2)21-26(28)23-32-17-15-31(16-18-32)14-9-19-36-27-13-8-7-12-25(27)20-24-10-5-4-6-11-24/h4-8,10-13,21-22H,9,14-20,23H2,1-3H3. The van der Waals surface area contributed by atoms with Crippen LogP contribution < -0.4 is 18.9 Å². The quantitative estimate of drug-likeness (QED) is 0.337. The molecule has 0 radical (unpaired) electrons. The normalized spacial score (nSPS) is 14.4. The summed E-state index contributed by atoms with van der Waals surface area (Å²) in [5.74, 6) is 3.25. The molecule has 3 aromatic carbocycles. The van der Waals surface area contributed by atoms with Gasteiger partial charge in [-0.05, 0) is 29.7 Å². The van der Waals surface area contributed by atoms with Gasteiger partial charge in [0, 0.05) is 57.3 Å². The third-order valence-corrected chi connectivity index (χ3v) is 6.73. The predicted molar refractivity (Wildman–Crippen MR) is 144 cm³/mol. The highest BCUT2D eigenvalue weighted by Gasteiger charge is 2.20. The van der Waals surface area contributed by atoms with Gasteiger partial charge in [-0.1, -0.05) is 48.5 Å². The molecule has 6 heteroatoms. The fourth-order valence-corrected chi connectivity index (χ4v) is 4.70. The van der Waals surface area contributed by atoms with Crippen molar-refractivity contribution in [1.29, 1.82) is 0 Å². The van der Waals surface area contributed by atoms with Crippen molar-refractivity contribution < 1.29 is 18.9 Å². The molecule has 1 aliphatic rings. The summed E-state index contributed by atoms with van der Waals surface area (Å²) in [6, 6.07) is 22.9. The van der Waals surface area contributed by atoms with E-state index in [-0.39, 0.29) is 0 Å². The van der Waals surface area contributed by atoms with E-state index in [2.05, 4.69) is 64.4 Å². The second-order valence-electron chi connectivity index (χ2n) is 9.11. The zero-order valence-electron chi connectivity index (χ0n) is 21.7. The van der Waals surface area contributed by atoms with Crippen molar-refractivity contribution >= 4 is 0 Å². The predicted octanol–water partition coefficient (Wildman–Crippen LogP) is 4.89. The van der Waals surface area contributed by atoms with Gasteiger partial charge in [0.2, 0.25) is 0 Å². The number of ether oxygens (including phenoxy) is 4. The molecule has 0 aromatic heterocycles. The van der Waals surface area contributed by atoms with Crippen LogP contribution in [-0.2, 0) is 13.0 Å². The summed E-state index contributed by atoms with van der Waals surface area (Å²) in [5, 5.41) is 0. The molecule has 4 rings (SSSR count). The van der Waals surface area contributed by atoms with Gasteiger partial charge in [-0.2, -0.15) is 0 Å². The molecule has 0 bridgehead atoms. The van der Waals surface area contributed by atoms with Gasteiger partial charge in [-0.3, -0.25) is 4.90 Å². The Labute approximate surface area is 215 Å². The minimum Gasteiger partial charge on any atom is -0.496 e. The van der Waals surface area contributed by atoms with Gasteiger partial charge in [0.25, 0.3) is 0 Å². The average Bonchev–Trinajstić information content (AvgIpc) is 2.93. The van der Waals surface area contributed by atoms with Crippen LogP contribution >= 0.6 is 0 Å². The molecule has 0 spiro atoms. The van der Waals surface area contributed by atoms with Crippen molar-refractivity contribution in [3.63, 3.8) is 0 Å². The molecule has 0 aliphatic carbocycles. The number of rotatable bonds is 12. The number of nitrogens with zero attached hydrogens (tertiary/aromatic N) is 2. The van der Waals surface area contributed by atoms with Gasteiger partial charge >= 0.3 is 0 Å². The molecule has 1 aliphatic heterocycles. The zero-order valence-corrected chi connectivity index (χ0v) is 21.7. The number of hydrogen-bond donors (Lipinski definition) is 0. The third kappa shape index (κ3) is 6.93. The van der Waals surface area contributed by atoms with Crippen molar-refractivity contribution in [3.8, 4) is 23.0 Å². The van der Waals surface area contributed by atoms with E-state index in [1.165, 1.54) is 11.1 Å². The van der Waals surface area contributed by atoms with Crippen molar-refractivity contribution in [3.05, 3.63) is 83.4 Å². The molecule has 1 fully saturated rings. The van der Waals surface area contributed by atoms with Crippen molar-refractivity contribution in [2.45, 2.75) is 19.4 Å². The van der Waals surface area contributed by atoms with E-state index >= 15 is 0 Å². The smallest absolute Gasteiger partial charge is 0.164 e. The van der Waals surface area contributed by atoms with E-state index in [1.54, 1.807) is 21.3 Å². The lowest BCUT2D eigenvalue weighted by atomic mass is 10.0. The molecule has 6 nitrogen and oxygen atoms in total. The van der Waals surface area contributed by atoms with E-state index in [0.717, 1.165) is 81.5 Å². The maximum atomic E-state index is 6.19. The Morgan fingerprint density at radius 1 is 0.639 bits per heavy atom. The van der Waals surface area contributed by atoms with Crippen LogP contribution in [0.3, 0.4) is 0 Å². The Morgan fingerprint density at radius 3 is 2.00 bits per heavy atom. The van der Waals surface area contributed by atoms with Crippen LogP contribution in [0.25, 0.3) is 0 Å². The highest BCUT2D eigenvalue weighted by molar-refractivity contribution is 5.50. The SMILES string of the molecule is COc1cc(OC)c(OC)cc1CN1CCN(CCCOc2ccccc2Cc2ccccc2)CC1. The summed E-state index contributed by atoms with van der Waals surface area (Å²) in [4.78, 5) is 5.00. The molecule has 0 saturated carbocycles. The lowest BCUT2D eigenvalue weighted by Crippen LogP contribution is -2.46. The van der Waals surface area contributed by atoms with Crippen LogP contribution in [0.1, 0.15) is 23.1 Å². The monoisotopic (exact) mass is 490 g/mol. The molecule has 1 saturated heterocycles. The molecule has 0 amide bonds. The average molecular weight is 491 g/mol. The maximum absolute atomic E-state index is 6.19. The Morgan fingerprint density at radius 2 is 1.28 bits per heavy atom. The Hall–Kier alpha value is -3.22. The summed E-state index contributed by atoms with van der Waals surface area (Å²) in [6.45, 7) is 6.78. The zero-order chi connectivity index (χ0) is 25.2. The summed E-state index contributed by atoms with van der Waals surface area (Å²) in [6.07, 6.45) is 1.91. The van der Waals surface area contributed by atoms with E-state index in [1.807, 2.05) is 12.1 Å². The van der Waals surface area contributed by atoms with Crippen LogP contribution in [0.2, 0.25) is 0 Å². The number of para-hydroxylation sites is 1. The highest BCUT2D eigenvalue weighted by Crippen LogP contribution is 2.35. The van der Waals surface area contributed by atoms with Crippen LogP contribution in [0.5, 0.6) is 23.0 Å². The minimum atomic E-state index is 0.688. The Kier molecular flexibility index (Phi) is 9.47. The van der Waals surface area contributed by atoms with Crippen LogP contribution in [0.15, 0.2) is 66.7 Å². The number of methoxy groups -OCH3 is 3. The van der Waals surface area contributed by atoms with E-state index in [4.69, 9.17) is 18.9 Å². The van der Waals surface area contributed by atoms with Gasteiger partial charge in [0.15, 0.2) is 11.5 Å². The molecule has 0 atom stereocenters. The van der Waals surface area contributed by atoms with Crippen LogP contribution in [-0.4, -0.2) is 70.5 Å². The first-order valence-electron chi connectivity index (χ1n) is 12.7. The van der Waals surface area contributed by atoms with Gasteiger partial charge < -0.3 is 23.8 Å². The van der Waals surface area contributed by atoms with E-state index in [0.29, 0.717) is 5.75 Å². The van der Waals surface area contributed by atoms with Gasteiger partial charge in [-0.25, -0.2) is 0 Å². The van der Waals surface area contributed by atoms with E-state index in [9.17, 15) is 0 Å². The molecule has 3 aromatic rings. The summed E-state index contributed by atoms with van der Waals surface area (Å²) >= 11 is 0. The first kappa shape index (κ1) is 25.9. The second kappa shape index (κ2) is 13.2. The van der Waals surface area contributed by atoms with Crippen molar-refractivity contribution in [2.24, 2.45) is 0 Å². The fourth-order valence-electron chi connectivity index (χ4n) is 4.70. The van der Waals surface area contributed by atoms with E-state index < -0.39 is 0 Å². The minimum absolute atomic E-state index is 0.688. The lowest BCUT2D eigenvalue weighted by molar-refractivity contribution is 0.120. The second-order valence-corrected chi connectivity index (χ2v) is 9.11. The molecule has 1 heterocycles. The lowest BCUT2D eigenvalue weighted by Gasteiger charge is -2.35. The first-order chi connectivity index (χ1) is 17.7. The molecule has 0 unspecified atom stereocenters. The van der Waals surface area contributed by atoms with Crippen LogP contribution in [0, 0.1) is 0 Å². The maximum Gasteiger partial charge on any atom is 0.164 e. The number of benzene rings is 3. The molecule has 0 N–H and O–H groups in total. The Balaban J connectivity index is 1.21. The molecule has 192 valence electrons. The van der Waals surface area contributed by atoms with Crippen molar-refractivity contribution in [1.82, 2.24) is 9.80 Å². The van der Waals surface area contributed by atoms with Gasteiger partial charge in [0.1, 0.15) is 11.5 Å². The summed E-state index contributed by atoms with van der Waals surface area (Å²) in [7, 11) is 5.01. The highest BCUT2D eigenvalue weighted by atomic mass is 16.5. The number of piperazine rings is 1. The third-order valence-electron chi connectivity index (χ3n) is 6.73. The molecule has 36 heavy (non-hydrogen) atoms. The van der Waals surface area contributed by atoms with Crippen LogP contribution in [0.4, 0.5) is 0 Å².